The van der Waals surface area contributed by atoms with Gasteiger partial charge < -0.3 is 67.7 Å². The zero-order chi connectivity index (χ0) is 75.9. The smallest absolute Gasteiger partial charge is 0.497 e. The Balaban J connectivity index is 0.000000250. The molecule has 568 valence electrons. The van der Waals surface area contributed by atoms with Crippen LogP contribution in [0.1, 0.15) is 44.5 Å². The molecule has 2 N–H and O–H groups in total. The van der Waals surface area contributed by atoms with Gasteiger partial charge in [0, 0.05) is 26.2 Å². The molecule has 0 aliphatic rings. The Bertz CT molecular complexity index is 3440. The lowest BCUT2D eigenvalue weighted by Gasteiger charge is -2.23. The number of aliphatic hydroxyl groups is 2. The summed E-state index contributed by atoms with van der Waals surface area (Å²) < 4.78 is 128. The number of nitrogens with zero attached hydrogens (tertiary/aromatic N) is 4. The van der Waals surface area contributed by atoms with E-state index in [2.05, 4.69) is 45.9 Å². The third-order valence-corrected chi connectivity index (χ3v) is 15.8. The van der Waals surface area contributed by atoms with E-state index in [1.807, 2.05) is 171 Å². The Labute approximate surface area is 611 Å². The van der Waals surface area contributed by atoms with E-state index in [-0.39, 0.29) is 26.3 Å². The molecule has 0 saturated carbocycles. The third kappa shape index (κ3) is 35.7. The van der Waals surface area contributed by atoms with Crippen LogP contribution in [0.4, 0.5) is 26.3 Å². The van der Waals surface area contributed by atoms with E-state index in [1.54, 1.807) is 90.7 Å². The summed E-state index contributed by atoms with van der Waals surface area (Å²) in [5.74, 6) is 6.17. The highest BCUT2D eigenvalue weighted by Gasteiger charge is 2.35. The number of methoxy groups -OCH3 is 4. The highest BCUT2D eigenvalue weighted by molar-refractivity contribution is 5.39. The maximum atomic E-state index is 12.6. The molecule has 0 heterocycles. The summed E-state index contributed by atoms with van der Waals surface area (Å²) in [6, 6.07) is 62.6. The van der Waals surface area contributed by atoms with Crippen LogP contribution in [0.2, 0.25) is 0 Å². The van der Waals surface area contributed by atoms with Gasteiger partial charge in [-0.25, -0.2) is 0 Å². The number of likely N-dealkylation sites (N-methyl/N-ethyl adjacent to an activating group) is 4. The van der Waals surface area contributed by atoms with Crippen molar-refractivity contribution in [2.24, 2.45) is 0 Å². The summed E-state index contributed by atoms with van der Waals surface area (Å²) in [4.78, 5) is 7.16. The highest BCUT2D eigenvalue weighted by Crippen LogP contribution is 2.29. The lowest BCUT2D eigenvalue weighted by Crippen LogP contribution is -2.37. The predicted octanol–water partition coefficient (Wildman–Crippen LogP) is 14.2. The molecule has 8 rings (SSSR count). The average molecular weight is 1450 g/mol. The summed E-state index contributed by atoms with van der Waals surface area (Å²) in [5, 5.41) is 19.9. The first-order valence-electron chi connectivity index (χ1n) is 34.5. The monoisotopic (exact) mass is 1450 g/mol. The van der Waals surface area contributed by atoms with Crippen LogP contribution in [0.25, 0.3) is 0 Å². The van der Waals surface area contributed by atoms with Crippen LogP contribution in [0.15, 0.2) is 194 Å². The van der Waals surface area contributed by atoms with Gasteiger partial charge >= 0.3 is 12.7 Å². The number of aryl methyl sites for hydroxylation is 8. The standard InChI is InChI=1S/2C21H26F3NO3.2C20H27NO3/c2*1-25(2)14-19(28-21(22,23)24)15-27-20-10-5-4-8-17(20)12-11-16-7-6-9-18(13-16)26-3;2*1-21(2)14-18(22)15-24-20-10-5-4-8-17(20)12-11-16-7-6-9-19(13-16)23-3/h2*4-10,13,19H,11-12,14-15H2,1-3H3;2*4-10,13,18,22H,11-12,14-15H2,1-3H3/t2*19-;2*18-/m1010/s1. The maximum absolute atomic E-state index is 12.6. The molecule has 8 aromatic rings. The van der Waals surface area contributed by atoms with Gasteiger partial charge in [0.1, 0.15) is 96.8 Å². The van der Waals surface area contributed by atoms with Crippen molar-refractivity contribution in [3.8, 4) is 46.0 Å². The molecule has 8 aromatic carbocycles. The number of alkyl halides is 6. The van der Waals surface area contributed by atoms with Gasteiger partial charge in [-0.2, -0.15) is 0 Å². The lowest BCUT2D eigenvalue weighted by atomic mass is 10.0. The van der Waals surface area contributed by atoms with Gasteiger partial charge in [0.2, 0.25) is 0 Å². The normalized spacial score (nSPS) is 12.5. The molecule has 0 aromatic heterocycles. The molecule has 16 nitrogen and oxygen atoms in total. The van der Waals surface area contributed by atoms with E-state index in [4.69, 9.17) is 37.9 Å². The lowest BCUT2D eigenvalue weighted by molar-refractivity contribution is -0.346. The molecule has 0 unspecified atom stereocenters. The van der Waals surface area contributed by atoms with Gasteiger partial charge in [-0.15, -0.1) is 26.3 Å². The predicted molar refractivity (Wildman–Crippen MR) is 397 cm³/mol. The van der Waals surface area contributed by atoms with Crippen LogP contribution in [0, 0.1) is 0 Å². The minimum absolute atomic E-state index is 0.103. The maximum Gasteiger partial charge on any atom is 0.522 e. The van der Waals surface area contributed by atoms with Crippen LogP contribution in [0.5, 0.6) is 46.0 Å². The summed E-state index contributed by atoms with van der Waals surface area (Å²) in [6.45, 7) is 1.61. The van der Waals surface area contributed by atoms with Crippen molar-refractivity contribution < 1.29 is 83.9 Å². The van der Waals surface area contributed by atoms with Crippen molar-refractivity contribution in [1.82, 2.24) is 19.6 Å². The molecular weight excluding hydrogens is 1350 g/mol. The fourth-order valence-electron chi connectivity index (χ4n) is 11.0. The minimum Gasteiger partial charge on any atom is -0.497 e. The number of benzene rings is 8. The molecule has 0 spiro atoms. The van der Waals surface area contributed by atoms with Crippen molar-refractivity contribution in [1.29, 1.82) is 0 Å². The van der Waals surface area contributed by atoms with Crippen LogP contribution in [-0.2, 0) is 60.8 Å². The van der Waals surface area contributed by atoms with E-state index in [1.165, 1.54) is 11.1 Å². The summed E-state index contributed by atoms with van der Waals surface area (Å²) in [7, 11) is 21.1. The Hall–Kier alpha value is -8.58. The molecule has 0 saturated heterocycles. The number of halogens is 6. The Morgan fingerprint density at radius 1 is 0.298 bits per heavy atom. The van der Waals surface area contributed by atoms with Gasteiger partial charge in [-0.3, -0.25) is 9.47 Å². The van der Waals surface area contributed by atoms with E-state index < -0.39 is 37.1 Å². The van der Waals surface area contributed by atoms with Gasteiger partial charge in [0.25, 0.3) is 0 Å². The second kappa shape index (κ2) is 46.3. The molecule has 0 aliphatic carbocycles. The number of hydrogen-bond donors (Lipinski definition) is 2. The molecule has 4 atom stereocenters. The topological polar surface area (TPSA) is 146 Å². The first-order chi connectivity index (χ1) is 49.7. The number of hydrogen-bond acceptors (Lipinski definition) is 16. The Kier molecular flexibility index (Phi) is 38.3. The Morgan fingerprint density at radius 2 is 0.529 bits per heavy atom. The molecule has 0 bridgehead atoms. The molecule has 104 heavy (non-hydrogen) atoms. The van der Waals surface area contributed by atoms with Crippen molar-refractivity contribution in [3.05, 3.63) is 239 Å². The van der Waals surface area contributed by atoms with Crippen molar-refractivity contribution in [3.63, 3.8) is 0 Å². The fourth-order valence-corrected chi connectivity index (χ4v) is 11.0. The summed E-state index contributed by atoms with van der Waals surface area (Å²) in [5.41, 5.74) is 8.85. The second-order valence-electron chi connectivity index (χ2n) is 25.8. The average Bonchev–Trinajstić information content (AvgIpc) is 0.881. The van der Waals surface area contributed by atoms with Crippen LogP contribution >= 0.6 is 0 Å². The molecule has 0 fully saturated rings. The first-order valence-corrected chi connectivity index (χ1v) is 34.5. The number of aliphatic hydroxyl groups excluding tert-OH is 2. The van der Waals surface area contributed by atoms with Gasteiger partial charge in [0.05, 0.1) is 28.4 Å². The van der Waals surface area contributed by atoms with Crippen molar-refractivity contribution in [2.45, 2.75) is 88.5 Å². The van der Waals surface area contributed by atoms with E-state index in [0.717, 1.165) is 106 Å². The van der Waals surface area contributed by atoms with Crippen LogP contribution < -0.4 is 37.9 Å². The number of ether oxygens (including phenoxy) is 10. The van der Waals surface area contributed by atoms with E-state index >= 15 is 0 Å². The van der Waals surface area contributed by atoms with Gasteiger partial charge in [-0.05, 0) is 225 Å². The minimum atomic E-state index is -4.70. The zero-order valence-electron chi connectivity index (χ0n) is 62.1. The van der Waals surface area contributed by atoms with Crippen LogP contribution in [-0.4, -0.2) is 204 Å². The molecule has 0 radical (unpaired) electrons. The van der Waals surface area contributed by atoms with Gasteiger partial charge in [0.15, 0.2) is 0 Å². The van der Waals surface area contributed by atoms with E-state index in [9.17, 15) is 36.6 Å². The third-order valence-electron chi connectivity index (χ3n) is 15.8. The quantitative estimate of drug-likeness (QED) is 0.0354. The highest BCUT2D eigenvalue weighted by atomic mass is 19.4. The Morgan fingerprint density at radius 3 is 0.750 bits per heavy atom. The van der Waals surface area contributed by atoms with Crippen LogP contribution in [0.3, 0.4) is 0 Å². The second-order valence-corrected chi connectivity index (χ2v) is 25.8. The summed E-state index contributed by atoms with van der Waals surface area (Å²) >= 11 is 0. The summed E-state index contributed by atoms with van der Waals surface area (Å²) in [6.07, 6.45) is -6.10. The first kappa shape index (κ1) is 86.1. The molecule has 0 aliphatic heterocycles. The zero-order valence-corrected chi connectivity index (χ0v) is 62.1. The largest absolute Gasteiger partial charge is 0.522 e. The van der Waals surface area contributed by atoms with Crippen molar-refractivity contribution >= 4 is 0 Å². The van der Waals surface area contributed by atoms with E-state index in [0.29, 0.717) is 50.6 Å². The SMILES string of the molecule is COc1cccc(CCc2ccccc2OC[C@@H](CN(C)C)OC(F)(F)F)c1.COc1cccc(CCc2ccccc2OC[C@@H](O)CN(C)C)c1.COc1cccc(CCc2ccccc2OC[C@H](CN(C)C)OC(F)(F)F)c1.COc1cccc(CCc2ccccc2OC[C@H](O)CN(C)C)c1. The molecule has 0 amide bonds. The number of rotatable bonds is 38. The molecular formula is C82H106F6N4O12. The molecule has 22 heteroatoms. The van der Waals surface area contributed by atoms with Gasteiger partial charge in [-0.1, -0.05) is 121 Å². The fraction of sp³-hybridized carbons (Fsp3) is 0.415. The van der Waals surface area contributed by atoms with Crippen molar-refractivity contribution in [2.75, 3.05) is 137 Å². The number of para-hydroxylation sites is 4.